The van der Waals surface area contributed by atoms with Crippen molar-refractivity contribution in [1.82, 2.24) is 4.98 Å². The summed E-state index contributed by atoms with van der Waals surface area (Å²) in [7, 11) is 0. The van der Waals surface area contributed by atoms with E-state index >= 15 is 0 Å². The number of hydrogen-bond acceptors (Lipinski definition) is 5. The molecule has 1 aliphatic carbocycles. The van der Waals surface area contributed by atoms with Crippen molar-refractivity contribution in [3.8, 4) is 5.88 Å². The van der Waals surface area contributed by atoms with Crippen molar-refractivity contribution in [3.63, 3.8) is 0 Å². The summed E-state index contributed by atoms with van der Waals surface area (Å²) >= 11 is 0. The number of carbonyl (C=O) groups excluding carboxylic acids is 2. The second kappa shape index (κ2) is 5.20. The molecule has 1 saturated carbocycles. The summed E-state index contributed by atoms with van der Waals surface area (Å²) in [6, 6.07) is 1.06. The molecule has 4 N–H and O–H groups in total. The second-order valence-corrected chi connectivity index (χ2v) is 5.78. The average molecular weight is 308 g/mol. The third kappa shape index (κ3) is 2.39. The molecule has 3 rings (SSSR count). The van der Waals surface area contributed by atoms with Crippen LogP contribution >= 0.6 is 0 Å². The van der Waals surface area contributed by atoms with Crippen molar-refractivity contribution in [2.24, 2.45) is 11.5 Å². The van der Waals surface area contributed by atoms with Crippen molar-refractivity contribution in [2.45, 2.75) is 37.3 Å². The van der Waals surface area contributed by atoms with Crippen LogP contribution in [-0.2, 0) is 9.59 Å². The van der Waals surface area contributed by atoms with Gasteiger partial charge in [-0.2, -0.15) is 0 Å². The summed E-state index contributed by atoms with van der Waals surface area (Å²) in [5.74, 6) is -1.09. The summed E-state index contributed by atoms with van der Waals surface area (Å²) in [5.41, 5.74) is 10.6. The standard InChI is InChI=1S/C14H17FN4O3/c15-8-5-10-12(18-6-8)22-7-11(20)19(10)9-1-3-14(17,4-2-9)13(16)21/h5-6,9H,1-4,7,17H2,(H2,16,21). The highest BCUT2D eigenvalue weighted by atomic mass is 19.1. The van der Waals surface area contributed by atoms with E-state index in [1.54, 1.807) is 0 Å². The number of amides is 2. The molecule has 1 aromatic heterocycles. The lowest BCUT2D eigenvalue weighted by Gasteiger charge is -2.41. The molecule has 0 atom stereocenters. The van der Waals surface area contributed by atoms with Crippen molar-refractivity contribution in [3.05, 3.63) is 18.1 Å². The minimum Gasteiger partial charge on any atom is -0.466 e. The molecule has 2 heterocycles. The number of anilines is 1. The minimum atomic E-state index is -1.03. The highest BCUT2D eigenvalue weighted by molar-refractivity contribution is 5.98. The predicted molar refractivity (Wildman–Crippen MR) is 75.5 cm³/mol. The molecule has 0 unspecified atom stereocenters. The Hall–Kier alpha value is -2.22. The first-order valence-electron chi connectivity index (χ1n) is 7.10. The second-order valence-electron chi connectivity index (χ2n) is 5.78. The zero-order chi connectivity index (χ0) is 15.9. The van der Waals surface area contributed by atoms with Crippen LogP contribution in [0.15, 0.2) is 12.3 Å². The first-order valence-corrected chi connectivity index (χ1v) is 7.10. The summed E-state index contributed by atoms with van der Waals surface area (Å²) in [5, 5.41) is 0. The Morgan fingerprint density at radius 1 is 1.45 bits per heavy atom. The Morgan fingerprint density at radius 2 is 2.14 bits per heavy atom. The first kappa shape index (κ1) is 14.7. The van der Waals surface area contributed by atoms with E-state index < -0.39 is 17.3 Å². The zero-order valence-corrected chi connectivity index (χ0v) is 11.9. The van der Waals surface area contributed by atoms with E-state index in [4.69, 9.17) is 16.2 Å². The van der Waals surface area contributed by atoms with Gasteiger partial charge < -0.3 is 21.1 Å². The Balaban J connectivity index is 1.85. The van der Waals surface area contributed by atoms with Crippen LogP contribution in [0.3, 0.4) is 0 Å². The molecular weight excluding hydrogens is 291 g/mol. The smallest absolute Gasteiger partial charge is 0.265 e. The number of ether oxygens (including phenoxy) is 1. The third-order valence-corrected chi connectivity index (χ3v) is 4.36. The normalized spacial score (nSPS) is 28.0. The van der Waals surface area contributed by atoms with Gasteiger partial charge in [-0.15, -0.1) is 0 Å². The van der Waals surface area contributed by atoms with E-state index in [9.17, 15) is 14.0 Å². The van der Waals surface area contributed by atoms with Gasteiger partial charge in [0.05, 0.1) is 11.7 Å². The number of carbonyl (C=O) groups is 2. The SMILES string of the molecule is NC(=O)C1(N)CCC(N2C(=O)COc3ncc(F)cc32)CC1. The summed E-state index contributed by atoms with van der Waals surface area (Å²) < 4.78 is 18.7. The van der Waals surface area contributed by atoms with Crippen LogP contribution in [0.4, 0.5) is 10.1 Å². The van der Waals surface area contributed by atoms with Gasteiger partial charge in [-0.25, -0.2) is 9.37 Å². The number of pyridine rings is 1. The lowest BCUT2D eigenvalue weighted by atomic mass is 9.79. The Bertz CT molecular complexity index is 629. The van der Waals surface area contributed by atoms with Gasteiger partial charge in [-0.3, -0.25) is 9.59 Å². The lowest BCUT2D eigenvalue weighted by molar-refractivity contribution is -0.124. The monoisotopic (exact) mass is 308 g/mol. The topological polar surface area (TPSA) is 112 Å². The first-order chi connectivity index (χ1) is 10.4. The molecule has 2 aliphatic rings. The van der Waals surface area contributed by atoms with Crippen LogP contribution in [0.1, 0.15) is 25.7 Å². The largest absolute Gasteiger partial charge is 0.466 e. The molecule has 118 valence electrons. The van der Waals surface area contributed by atoms with Gasteiger partial charge in [0.2, 0.25) is 11.8 Å². The summed E-state index contributed by atoms with van der Waals surface area (Å²) in [6.07, 6.45) is 2.85. The highest BCUT2D eigenvalue weighted by Gasteiger charge is 2.41. The number of rotatable bonds is 2. The van der Waals surface area contributed by atoms with Crippen molar-refractivity contribution in [1.29, 1.82) is 0 Å². The Kier molecular flexibility index (Phi) is 3.48. The molecule has 0 radical (unpaired) electrons. The van der Waals surface area contributed by atoms with Gasteiger partial charge in [0.1, 0.15) is 11.5 Å². The van der Waals surface area contributed by atoms with Gasteiger partial charge in [0.25, 0.3) is 5.91 Å². The van der Waals surface area contributed by atoms with Gasteiger partial charge >= 0.3 is 0 Å². The molecule has 1 aromatic rings. The van der Waals surface area contributed by atoms with Crippen LogP contribution in [0.5, 0.6) is 5.88 Å². The number of nitrogens with zero attached hydrogens (tertiary/aromatic N) is 2. The molecule has 0 saturated heterocycles. The number of hydrogen-bond donors (Lipinski definition) is 2. The fraction of sp³-hybridized carbons (Fsp3) is 0.500. The van der Waals surface area contributed by atoms with Gasteiger partial charge in [0, 0.05) is 12.1 Å². The molecule has 1 fully saturated rings. The molecule has 2 amide bonds. The fourth-order valence-corrected chi connectivity index (χ4v) is 3.06. The van der Waals surface area contributed by atoms with E-state index in [1.165, 1.54) is 11.0 Å². The Morgan fingerprint density at radius 3 is 2.77 bits per heavy atom. The average Bonchev–Trinajstić information content (AvgIpc) is 2.48. The molecular formula is C14H17FN4O3. The van der Waals surface area contributed by atoms with Crippen LogP contribution < -0.4 is 21.1 Å². The molecule has 7 nitrogen and oxygen atoms in total. The van der Waals surface area contributed by atoms with Gasteiger partial charge in [-0.1, -0.05) is 0 Å². The third-order valence-electron chi connectivity index (χ3n) is 4.36. The van der Waals surface area contributed by atoms with Gasteiger partial charge in [-0.05, 0) is 25.7 Å². The van der Waals surface area contributed by atoms with E-state index in [1.807, 2.05) is 0 Å². The number of aromatic nitrogens is 1. The van der Waals surface area contributed by atoms with Gasteiger partial charge in [0.15, 0.2) is 6.61 Å². The molecule has 1 aliphatic heterocycles. The van der Waals surface area contributed by atoms with Crippen LogP contribution in [0, 0.1) is 5.82 Å². The van der Waals surface area contributed by atoms with Crippen LogP contribution in [-0.4, -0.2) is 35.0 Å². The molecule has 8 heteroatoms. The van der Waals surface area contributed by atoms with Crippen LogP contribution in [0.2, 0.25) is 0 Å². The minimum absolute atomic E-state index is 0.133. The fourth-order valence-electron chi connectivity index (χ4n) is 3.06. The maximum atomic E-state index is 13.5. The molecule has 0 aromatic carbocycles. The number of nitrogens with two attached hydrogens (primary N) is 2. The predicted octanol–water partition coefficient (Wildman–Crippen LogP) is 0.0715. The number of fused-ring (bicyclic) bond motifs is 1. The molecule has 0 spiro atoms. The van der Waals surface area contributed by atoms with Crippen LogP contribution in [0.25, 0.3) is 0 Å². The van der Waals surface area contributed by atoms with E-state index in [0.717, 1.165) is 6.20 Å². The lowest BCUT2D eigenvalue weighted by Crippen LogP contribution is -2.57. The summed E-state index contributed by atoms with van der Waals surface area (Å²) in [4.78, 5) is 29.0. The quantitative estimate of drug-likeness (QED) is 0.803. The van der Waals surface area contributed by atoms with Crippen molar-refractivity contribution >= 4 is 17.5 Å². The number of primary amides is 1. The van der Waals surface area contributed by atoms with Crippen molar-refractivity contribution < 1.29 is 18.7 Å². The zero-order valence-electron chi connectivity index (χ0n) is 11.9. The molecule has 0 bridgehead atoms. The summed E-state index contributed by atoms with van der Waals surface area (Å²) in [6.45, 7) is -0.133. The highest BCUT2D eigenvalue weighted by Crippen LogP contribution is 2.37. The maximum absolute atomic E-state index is 13.5. The Labute approximate surface area is 126 Å². The maximum Gasteiger partial charge on any atom is 0.265 e. The number of halogens is 1. The molecule has 22 heavy (non-hydrogen) atoms. The van der Waals surface area contributed by atoms with E-state index in [0.29, 0.717) is 31.4 Å². The van der Waals surface area contributed by atoms with E-state index in [2.05, 4.69) is 4.98 Å². The van der Waals surface area contributed by atoms with Crippen molar-refractivity contribution in [2.75, 3.05) is 11.5 Å². The van der Waals surface area contributed by atoms with E-state index in [-0.39, 0.29) is 24.4 Å².